The fourth-order valence-corrected chi connectivity index (χ4v) is 3.79. The zero-order valence-corrected chi connectivity index (χ0v) is 12.4. The third-order valence-corrected chi connectivity index (χ3v) is 5.53. The molecule has 0 aromatic carbocycles. The van der Waals surface area contributed by atoms with Gasteiger partial charge in [0.25, 0.3) is 0 Å². The zero-order chi connectivity index (χ0) is 11.7. The van der Waals surface area contributed by atoms with Gasteiger partial charge in [-0.15, -0.1) is 0 Å². The minimum atomic E-state index is -1.08. The first-order valence-electron chi connectivity index (χ1n) is 6.55. The van der Waals surface area contributed by atoms with Crippen molar-refractivity contribution in [3.8, 4) is 0 Å². The van der Waals surface area contributed by atoms with Crippen LogP contribution in [0.25, 0.3) is 0 Å². The molecule has 0 aromatic heterocycles. The van der Waals surface area contributed by atoms with Gasteiger partial charge < -0.3 is 4.74 Å². The maximum Gasteiger partial charge on any atom is 0.0785 e. The van der Waals surface area contributed by atoms with E-state index in [1.807, 2.05) is 7.11 Å². The summed E-state index contributed by atoms with van der Waals surface area (Å²) in [6, 6.07) is 0. The Labute approximate surface area is 97.6 Å². The van der Waals surface area contributed by atoms with Crippen LogP contribution in [-0.4, -0.2) is 20.9 Å². The molecule has 0 saturated heterocycles. The van der Waals surface area contributed by atoms with Gasteiger partial charge >= 0.3 is 0 Å². The molecule has 1 atom stereocenters. The Morgan fingerprint density at radius 2 is 1.47 bits per heavy atom. The first-order valence-corrected chi connectivity index (χ1v) is 10.1. The van der Waals surface area contributed by atoms with Gasteiger partial charge in [-0.1, -0.05) is 65.1 Å². The van der Waals surface area contributed by atoms with Crippen LogP contribution in [0.15, 0.2) is 0 Å². The number of unbranched alkanes of at least 4 members (excludes halogenated alkanes) is 5. The van der Waals surface area contributed by atoms with Crippen molar-refractivity contribution in [2.24, 2.45) is 0 Å². The maximum atomic E-state index is 5.60. The number of hydrogen-bond donors (Lipinski definition) is 0. The quantitative estimate of drug-likeness (QED) is 0.414. The second-order valence-corrected chi connectivity index (χ2v) is 11.0. The van der Waals surface area contributed by atoms with Gasteiger partial charge in [0.1, 0.15) is 0 Å². The van der Waals surface area contributed by atoms with Gasteiger partial charge in [0, 0.05) is 12.8 Å². The van der Waals surface area contributed by atoms with Crippen molar-refractivity contribution in [1.29, 1.82) is 0 Å². The molecular weight excluding hydrogens is 200 g/mol. The largest absolute Gasteiger partial charge is 0.385 e. The molecule has 0 N–H and O–H groups in total. The normalized spacial score (nSPS) is 14.2. The minimum Gasteiger partial charge on any atom is -0.385 e. The highest BCUT2D eigenvalue weighted by molar-refractivity contribution is 6.77. The summed E-state index contributed by atoms with van der Waals surface area (Å²) in [4.78, 5) is 0. The van der Waals surface area contributed by atoms with Crippen LogP contribution in [0.3, 0.4) is 0 Å². The molecule has 2 heteroatoms. The van der Waals surface area contributed by atoms with Crippen molar-refractivity contribution in [2.45, 2.75) is 77.2 Å². The second-order valence-electron chi connectivity index (χ2n) is 5.65. The van der Waals surface area contributed by atoms with Crippen LogP contribution in [0, 0.1) is 0 Å². The van der Waals surface area contributed by atoms with Gasteiger partial charge in [-0.2, -0.15) is 0 Å². The molecule has 0 radical (unpaired) electrons. The molecule has 92 valence electrons. The summed E-state index contributed by atoms with van der Waals surface area (Å²) in [5.41, 5.74) is 0.559. The van der Waals surface area contributed by atoms with Crippen LogP contribution in [0.2, 0.25) is 19.6 Å². The summed E-state index contributed by atoms with van der Waals surface area (Å²) in [6.45, 7) is 9.47. The third kappa shape index (κ3) is 8.03. The number of ether oxygens (including phenoxy) is 1. The standard InChI is InChI=1S/C13H30OSi/c1-6-7-8-9-10-11-12-13(14-2)15(3,4)5/h13H,6-12H2,1-5H3. The predicted molar refractivity (Wildman–Crippen MR) is 72.1 cm³/mol. The van der Waals surface area contributed by atoms with Crippen molar-refractivity contribution in [1.82, 2.24) is 0 Å². The van der Waals surface area contributed by atoms with Crippen LogP contribution in [0.5, 0.6) is 0 Å². The average molecular weight is 230 g/mol. The van der Waals surface area contributed by atoms with E-state index >= 15 is 0 Å². The third-order valence-electron chi connectivity index (χ3n) is 3.07. The van der Waals surface area contributed by atoms with Crippen molar-refractivity contribution in [3.63, 3.8) is 0 Å². The summed E-state index contributed by atoms with van der Waals surface area (Å²) < 4.78 is 5.60. The molecule has 0 heterocycles. The van der Waals surface area contributed by atoms with Crippen LogP contribution < -0.4 is 0 Å². The van der Waals surface area contributed by atoms with E-state index in [-0.39, 0.29) is 0 Å². The Hall–Kier alpha value is 0.177. The summed E-state index contributed by atoms with van der Waals surface area (Å²) in [5.74, 6) is 0. The smallest absolute Gasteiger partial charge is 0.0785 e. The molecule has 0 aliphatic heterocycles. The Bertz CT molecular complexity index is 140. The lowest BCUT2D eigenvalue weighted by molar-refractivity contribution is 0.147. The zero-order valence-electron chi connectivity index (χ0n) is 11.4. The summed E-state index contributed by atoms with van der Waals surface area (Å²) in [7, 11) is 0.791. The van der Waals surface area contributed by atoms with E-state index < -0.39 is 8.07 Å². The molecule has 0 aromatic rings. The summed E-state index contributed by atoms with van der Waals surface area (Å²) >= 11 is 0. The summed E-state index contributed by atoms with van der Waals surface area (Å²) in [5, 5.41) is 0. The van der Waals surface area contributed by atoms with Gasteiger partial charge in [-0.05, 0) is 6.42 Å². The Morgan fingerprint density at radius 3 is 1.93 bits per heavy atom. The van der Waals surface area contributed by atoms with Gasteiger partial charge in [-0.25, -0.2) is 0 Å². The van der Waals surface area contributed by atoms with E-state index in [4.69, 9.17) is 4.74 Å². The topological polar surface area (TPSA) is 9.23 Å². The molecule has 15 heavy (non-hydrogen) atoms. The van der Waals surface area contributed by atoms with Crippen molar-refractivity contribution >= 4 is 8.07 Å². The molecule has 0 aliphatic carbocycles. The SMILES string of the molecule is CCCCCCCCC(OC)[Si](C)(C)C. The highest BCUT2D eigenvalue weighted by Crippen LogP contribution is 2.18. The van der Waals surface area contributed by atoms with Crippen molar-refractivity contribution < 1.29 is 4.74 Å². The van der Waals surface area contributed by atoms with E-state index in [0.29, 0.717) is 5.73 Å². The van der Waals surface area contributed by atoms with Gasteiger partial charge in [-0.3, -0.25) is 0 Å². The maximum absolute atomic E-state index is 5.60. The van der Waals surface area contributed by atoms with E-state index in [2.05, 4.69) is 26.6 Å². The van der Waals surface area contributed by atoms with E-state index in [1.54, 1.807) is 0 Å². The molecule has 1 nitrogen and oxygen atoms in total. The highest BCUT2D eigenvalue weighted by atomic mass is 28.3. The summed E-state index contributed by atoms with van der Waals surface area (Å²) in [6.07, 6.45) is 9.60. The monoisotopic (exact) mass is 230 g/mol. The fourth-order valence-electron chi connectivity index (χ4n) is 2.01. The number of rotatable bonds is 9. The van der Waals surface area contributed by atoms with Gasteiger partial charge in [0.15, 0.2) is 0 Å². The van der Waals surface area contributed by atoms with Crippen molar-refractivity contribution in [2.75, 3.05) is 7.11 Å². The molecular formula is C13H30OSi. The van der Waals surface area contributed by atoms with E-state index in [9.17, 15) is 0 Å². The fraction of sp³-hybridized carbons (Fsp3) is 1.00. The lowest BCUT2D eigenvalue weighted by Gasteiger charge is -2.27. The van der Waals surface area contributed by atoms with Gasteiger partial charge in [0.05, 0.1) is 8.07 Å². The molecule has 0 saturated carbocycles. The predicted octanol–water partition coefficient (Wildman–Crippen LogP) is 4.63. The number of methoxy groups -OCH3 is 1. The number of hydrogen-bond acceptors (Lipinski definition) is 1. The Balaban J connectivity index is 3.48. The van der Waals surface area contributed by atoms with Crippen LogP contribution in [0.1, 0.15) is 51.9 Å². The van der Waals surface area contributed by atoms with E-state index in [0.717, 1.165) is 0 Å². The first kappa shape index (κ1) is 15.2. The van der Waals surface area contributed by atoms with Gasteiger partial charge in [0.2, 0.25) is 0 Å². The lowest BCUT2D eigenvalue weighted by Crippen LogP contribution is -2.39. The van der Waals surface area contributed by atoms with Crippen LogP contribution in [-0.2, 0) is 4.74 Å². The van der Waals surface area contributed by atoms with Crippen molar-refractivity contribution in [3.05, 3.63) is 0 Å². The molecule has 0 rings (SSSR count). The molecule has 0 fully saturated rings. The Morgan fingerprint density at radius 1 is 0.933 bits per heavy atom. The van der Waals surface area contributed by atoms with E-state index in [1.165, 1.54) is 44.9 Å². The minimum absolute atomic E-state index is 0.559. The lowest BCUT2D eigenvalue weighted by atomic mass is 10.1. The second kappa shape index (κ2) is 8.34. The average Bonchev–Trinajstić information content (AvgIpc) is 2.15. The Kier molecular flexibility index (Phi) is 8.44. The molecule has 0 spiro atoms. The van der Waals surface area contributed by atoms with Crippen LogP contribution in [0.4, 0.5) is 0 Å². The highest BCUT2D eigenvalue weighted by Gasteiger charge is 2.25. The first-order chi connectivity index (χ1) is 7.02. The molecule has 0 amide bonds. The molecule has 0 aliphatic rings. The molecule has 0 bridgehead atoms. The van der Waals surface area contributed by atoms with Crippen LogP contribution >= 0.6 is 0 Å². The molecule has 1 unspecified atom stereocenters.